The van der Waals surface area contributed by atoms with Crippen molar-refractivity contribution in [1.82, 2.24) is 0 Å². The van der Waals surface area contributed by atoms with E-state index in [-0.39, 0.29) is 5.92 Å². The highest BCUT2D eigenvalue weighted by Gasteiger charge is 2.28. The lowest BCUT2D eigenvalue weighted by Crippen LogP contribution is -2.15. The summed E-state index contributed by atoms with van der Waals surface area (Å²) in [5.41, 5.74) is 2.26. The smallest absolute Gasteiger partial charge is 0.161 e. The first-order chi connectivity index (χ1) is 7.80. The second-order valence-corrected chi connectivity index (χ2v) is 3.29. The van der Waals surface area contributed by atoms with Gasteiger partial charge in [-0.25, -0.2) is 0 Å². The lowest BCUT2D eigenvalue weighted by molar-refractivity contribution is 0.353. The van der Waals surface area contributed by atoms with E-state index in [1.54, 1.807) is 14.2 Å². The number of methoxy groups -OCH3 is 2. The van der Waals surface area contributed by atoms with Crippen LogP contribution in [0.1, 0.15) is 30.9 Å². The standard InChI is InChI=1S/C11H11NO2.C2H6/c1-13-10-4-7-3-8(6-12)9(7)5-11(10)14-2;1-2/h4-5,8H,3H2,1-2H3;1-2H3. The molecule has 0 heterocycles. The Labute approximate surface area is 96.6 Å². The third-order valence-corrected chi connectivity index (χ3v) is 2.60. The molecule has 3 nitrogen and oxygen atoms in total. The van der Waals surface area contributed by atoms with Crippen molar-refractivity contribution in [3.05, 3.63) is 23.3 Å². The normalized spacial score (nSPS) is 15.8. The van der Waals surface area contributed by atoms with Crippen LogP contribution in [0.3, 0.4) is 0 Å². The maximum absolute atomic E-state index is 8.80. The van der Waals surface area contributed by atoms with Gasteiger partial charge in [0.2, 0.25) is 0 Å². The molecule has 1 aliphatic carbocycles. The van der Waals surface area contributed by atoms with E-state index >= 15 is 0 Å². The van der Waals surface area contributed by atoms with Crippen molar-refractivity contribution in [2.75, 3.05) is 14.2 Å². The van der Waals surface area contributed by atoms with Crippen molar-refractivity contribution >= 4 is 0 Å². The molecule has 0 fully saturated rings. The topological polar surface area (TPSA) is 42.2 Å². The van der Waals surface area contributed by atoms with Gasteiger partial charge in [-0.15, -0.1) is 0 Å². The molecule has 1 unspecified atom stereocenters. The van der Waals surface area contributed by atoms with Gasteiger partial charge >= 0.3 is 0 Å². The van der Waals surface area contributed by atoms with Crippen LogP contribution in [0.4, 0.5) is 0 Å². The minimum atomic E-state index is 0.0322. The molecular formula is C13H17NO2. The molecule has 0 aromatic heterocycles. The Morgan fingerprint density at radius 2 is 1.75 bits per heavy atom. The molecule has 1 aromatic carbocycles. The van der Waals surface area contributed by atoms with Gasteiger partial charge in [0.1, 0.15) is 0 Å². The molecule has 86 valence electrons. The van der Waals surface area contributed by atoms with Crippen LogP contribution in [-0.4, -0.2) is 14.2 Å². The Hall–Kier alpha value is -1.69. The maximum atomic E-state index is 8.80. The van der Waals surface area contributed by atoms with E-state index in [9.17, 15) is 0 Å². The van der Waals surface area contributed by atoms with Gasteiger partial charge in [0.15, 0.2) is 11.5 Å². The largest absolute Gasteiger partial charge is 0.493 e. The van der Waals surface area contributed by atoms with Crippen molar-refractivity contribution in [3.63, 3.8) is 0 Å². The van der Waals surface area contributed by atoms with Crippen molar-refractivity contribution in [1.29, 1.82) is 5.26 Å². The zero-order valence-corrected chi connectivity index (χ0v) is 10.2. The van der Waals surface area contributed by atoms with Gasteiger partial charge in [-0.1, -0.05) is 13.8 Å². The molecule has 2 rings (SSSR count). The minimum Gasteiger partial charge on any atom is -0.493 e. The van der Waals surface area contributed by atoms with Crippen LogP contribution in [0, 0.1) is 11.3 Å². The molecule has 0 bridgehead atoms. The van der Waals surface area contributed by atoms with E-state index in [2.05, 4.69) is 6.07 Å². The highest BCUT2D eigenvalue weighted by atomic mass is 16.5. The summed E-state index contributed by atoms with van der Waals surface area (Å²) in [5.74, 6) is 1.47. The average Bonchev–Trinajstić information content (AvgIpc) is 2.33. The molecule has 0 aliphatic heterocycles. The number of nitrogens with zero attached hydrogens (tertiary/aromatic N) is 1. The van der Waals surface area contributed by atoms with Crippen molar-refractivity contribution < 1.29 is 9.47 Å². The van der Waals surface area contributed by atoms with Crippen molar-refractivity contribution in [3.8, 4) is 17.6 Å². The number of ether oxygens (including phenoxy) is 2. The molecule has 0 saturated carbocycles. The van der Waals surface area contributed by atoms with Crippen LogP contribution in [0.15, 0.2) is 12.1 Å². The average molecular weight is 219 g/mol. The molecule has 0 amide bonds. The molecule has 1 aromatic rings. The molecule has 16 heavy (non-hydrogen) atoms. The molecule has 1 atom stereocenters. The summed E-state index contributed by atoms with van der Waals surface area (Å²) < 4.78 is 10.3. The van der Waals surface area contributed by atoms with Crippen LogP contribution in [0.2, 0.25) is 0 Å². The Balaban J connectivity index is 0.000000606. The summed E-state index contributed by atoms with van der Waals surface area (Å²) >= 11 is 0. The maximum Gasteiger partial charge on any atom is 0.161 e. The van der Waals surface area contributed by atoms with Crippen LogP contribution in [-0.2, 0) is 6.42 Å². The molecule has 0 radical (unpaired) electrons. The van der Waals surface area contributed by atoms with E-state index in [1.165, 1.54) is 5.56 Å². The summed E-state index contributed by atoms with van der Waals surface area (Å²) in [6.07, 6.45) is 0.826. The Morgan fingerprint density at radius 1 is 1.19 bits per heavy atom. The number of hydrogen-bond acceptors (Lipinski definition) is 3. The fourth-order valence-electron chi connectivity index (χ4n) is 1.75. The van der Waals surface area contributed by atoms with E-state index < -0.39 is 0 Å². The quantitative estimate of drug-likeness (QED) is 0.768. The number of benzene rings is 1. The Morgan fingerprint density at radius 3 is 2.25 bits per heavy atom. The first-order valence-corrected chi connectivity index (χ1v) is 5.44. The van der Waals surface area contributed by atoms with E-state index in [0.717, 1.165) is 17.7 Å². The predicted octanol–water partition coefficient (Wildman–Crippen LogP) is 2.89. The van der Waals surface area contributed by atoms with Crippen molar-refractivity contribution in [2.24, 2.45) is 0 Å². The van der Waals surface area contributed by atoms with Gasteiger partial charge in [-0.2, -0.15) is 5.26 Å². The summed E-state index contributed by atoms with van der Waals surface area (Å²) in [6, 6.07) is 6.09. The fourth-order valence-corrected chi connectivity index (χ4v) is 1.75. The summed E-state index contributed by atoms with van der Waals surface area (Å²) in [6.45, 7) is 4.00. The lowest BCUT2D eigenvalue weighted by Gasteiger charge is -2.26. The summed E-state index contributed by atoms with van der Waals surface area (Å²) in [5, 5.41) is 8.80. The van der Waals surface area contributed by atoms with Gasteiger partial charge in [-0.3, -0.25) is 0 Å². The van der Waals surface area contributed by atoms with E-state index in [4.69, 9.17) is 14.7 Å². The number of nitriles is 1. The van der Waals surface area contributed by atoms with Crippen LogP contribution in [0.5, 0.6) is 11.5 Å². The molecule has 0 saturated heterocycles. The number of rotatable bonds is 2. The van der Waals surface area contributed by atoms with E-state index in [1.807, 2.05) is 26.0 Å². The third-order valence-electron chi connectivity index (χ3n) is 2.60. The first kappa shape index (κ1) is 12.4. The Kier molecular flexibility index (Phi) is 4.19. The molecule has 0 spiro atoms. The second-order valence-electron chi connectivity index (χ2n) is 3.29. The summed E-state index contributed by atoms with van der Waals surface area (Å²) in [4.78, 5) is 0. The number of fused-ring (bicyclic) bond motifs is 1. The van der Waals surface area contributed by atoms with E-state index in [0.29, 0.717) is 5.75 Å². The zero-order valence-electron chi connectivity index (χ0n) is 10.2. The molecule has 0 N–H and O–H groups in total. The lowest BCUT2D eigenvalue weighted by atomic mass is 9.78. The third kappa shape index (κ3) is 1.96. The van der Waals surface area contributed by atoms with Gasteiger partial charge < -0.3 is 9.47 Å². The van der Waals surface area contributed by atoms with Gasteiger partial charge in [-0.05, 0) is 29.7 Å². The molecular weight excluding hydrogens is 202 g/mol. The molecule has 1 aliphatic rings. The summed E-state index contributed by atoms with van der Waals surface area (Å²) in [7, 11) is 3.22. The van der Waals surface area contributed by atoms with Gasteiger partial charge in [0.25, 0.3) is 0 Å². The van der Waals surface area contributed by atoms with Crippen LogP contribution in [0.25, 0.3) is 0 Å². The van der Waals surface area contributed by atoms with Crippen LogP contribution < -0.4 is 9.47 Å². The molecule has 3 heteroatoms. The monoisotopic (exact) mass is 219 g/mol. The highest BCUT2D eigenvalue weighted by Crippen LogP contribution is 2.41. The second kappa shape index (κ2) is 5.41. The van der Waals surface area contributed by atoms with Crippen LogP contribution >= 0.6 is 0 Å². The van der Waals surface area contributed by atoms with Gasteiger partial charge in [0.05, 0.1) is 26.2 Å². The SMILES string of the molecule is CC.COc1cc2c(cc1OC)C(C#N)C2. The van der Waals surface area contributed by atoms with Crippen molar-refractivity contribution in [2.45, 2.75) is 26.2 Å². The number of hydrogen-bond donors (Lipinski definition) is 0. The van der Waals surface area contributed by atoms with Gasteiger partial charge in [0, 0.05) is 0 Å². The predicted molar refractivity (Wildman–Crippen MR) is 63.0 cm³/mol. The highest BCUT2D eigenvalue weighted by molar-refractivity contribution is 5.54. The minimum absolute atomic E-state index is 0.0322. The first-order valence-electron chi connectivity index (χ1n) is 5.44. The fraction of sp³-hybridized carbons (Fsp3) is 0.462. The Bertz CT molecular complexity index is 407. The zero-order chi connectivity index (χ0) is 12.1.